The molecule has 0 radical (unpaired) electrons. The molecule has 1 atom stereocenters. The van der Waals surface area contributed by atoms with Crippen molar-refractivity contribution in [3.8, 4) is 16.9 Å². The third-order valence-corrected chi connectivity index (χ3v) is 8.28. The number of aromatic nitrogens is 2. The van der Waals surface area contributed by atoms with E-state index in [1.807, 2.05) is 73.7 Å². The van der Waals surface area contributed by atoms with E-state index in [0.717, 1.165) is 54.7 Å². The predicted octanol–water partition coefficient (Wildman–Crippen LogP) is 6.34. The summed E-state index contributed by atoms with van der Waals surface area (Å²) in [5.41, 5.74) is 3.64. The van der Waals surface area contributed by atoms with E-state index in [-0.39, 0.29) is 11.0 Å². The van der Waals surface area contributed by atoms with Crippen LogP contribution in [0.2, 0.25) is 0 Å². The summed E-state index contributed by atoms with van der Waals surface area (Å²) < 4.78 is 40.1. The molecule has 9 nitrogen and oxygen atoms in total. The zero-order chi connectivity index (χ0) is 31.2. The highest BCUT2D eigenvalue weighted by Gasteiger charge is 2.24. The van der Waals surface area contributed by atoms with Crippen molar-refractivity contribution in [1.29, 1.82) is 0 Å². The Morgan fingerprint density at radius 2 is 1.68 bits per heavy atom. The van der Waals surface area contributed by atoms with Crippen LogP contribution in [0, 0.1) is 0 Å². The predicted molar refractivity (Wildman–Crippen MR) is 172 cm³/mol. The molecule has 1 unspecified atom stereocenters. The lowest BCUT2D eigenvalue weighted by Crippen LogP contribution is -2.31. The SMILES string of the molecule is CCOc1cccc(-c2ccc(CC(NS(=O)(=O)c3ccccn3)c3cccc(NCCCCCCOC(C)=O)n3)cc2)c1. The van der Waals surface area contributed by atoms with E-state index >= 15 is 0 Å². The van der Waals surface area contributed by atoms with Gasteiger partial charge in [0.2, 0.25) is 0 Å². The number of nitrogens with one attached hydrogen (secondary N) is 2. The van der Waals surface area contributed by atoms with Crippen molar-refractivity contribution >= 4 is 21.8 Å². The van der Waals surface area contributed by atoms with Crippen LogP contribution in [0.1, 0.15) is 56.8 Å². The van der Waals surface area contributed by atoms with Gasteiger partial charge >= 0.3 is 5.97 Å². The van der Waals surface area contributed by atoms with Gasteiger partial charge in [-0.3, -0.25) is 4.79 Å². The molecule has 2 aromatic heterocycles. The van der Waals surface area contributed by atoms with E-state index in [0.29, 0.717) is 31.1 Å². The number of esters is 1. The first kappa shape index (κ1) is 32.6. The van der Waals surface area contributed by atoms with Crippen LogP contribution in [0.3, 0.4) is 0 Å². The molecule has 0 saturated carbocycles. The molecule has 0 aliphatic heterocycles. The van der Waals surface area contributed by atoms with Crippen molar-refractivity contribution in [2.75, 3.05) is 25.1 Å². The molecule has 0 aliphatic carbocycles. The van der Waals surface area contributed by atoms with Gasteiger partial charge < -0.3 is 14.8 Å². The minimum Gasteiger partial charge on any atom is -0.494 e. The molecule has 0 bridgehead atoms. The summed E-state index contributed by atoms with van der Waals surface area (Å²) in [6, 6.07) is 25.8. The van der Waals surface area contributed by atoms with E-state index in [2.05, 4.69) is 15.0 Å². The van der Waals surface area contributed by atoms with Gasteiger partial charge in [-0.25, -0.2) is 23.1 Å². The Bertz CT molecular complexity index is 1580. The molecule has 0 saturated heterocycles. The zero-order valence-electron chi connectivity index (χ0n) is 25.2. The number of pyridine rings is 2. The largest absolute Gasteiger partial charge is 0.494 e. The molecule has 4 rings (SSSR count). The van der Waals surface area contributed by atoms with Crippen molar-refractivity contribution in [1.82, 2.24) is 14.7 Å². The number of ether oxygens (including phenoxy) is 2. The van der Waals surface area contributed by atoms with E-state index in [1.54, 1.807) is 12.1 Å². The molecule has 2 aromatic carbocycles. The van der Waals surface area contributed by atoms with E-state index in [4.69, 9.17) is 14.5 Å². The van der Waals surface area contributed by atoms with Crippen molar-refractivity contribution in [2.24, 2.45) is 0 Å². The Morgan fingerprint density at radius 3 is 2.43 bits per heavy atom. The van der Waals surface area contributed by atoms with Gasteiger partial charge in [0.1, 0.15) is 11.6 Å². The molecule has 10 heteroatoms. The van der Waals surface area contributed by atoms with Gasteiger partial charge in [-0.15, -0.1) is 0 Å². The zero-order valence-corrected chi connectivity index (χ0v) is 26.1. The first-order valence-electron chi connectivity index (χ1n) is 14.9. The third kappa shape index (κ3) is 10.2. The lowest BCUT2D eigenvalue weighted by molar-refractivity contribution is -0.141. The van der Waals surface area contributed by atoms with Crippen molar-refractivity contribution < 1.29 is 22.7 Å². The first-order chi connectivity index (χ1) is 21.3. The Labute approximate surface area is 260 Å². The van der Waals surface area contributed by atoms with Crippen molar-refractivity contribution in [3.63, 3.8) is 0 Å². The van der Waals surface area contributed by atoms with Crippen LogP contribution >= 0.6 is 0 Å². The monoisotopic (exact) mass is 616 g/mol. The molecule has 232 valence electrons. The van der Waals surface area contributed by atoms with Crippen LogP contribution in [0.15, 0.2) is 96.2 Å². The number of sulfonamides is 1. The smallest absolute Gasteiger partial charge is 0.302 e. The number of hydrogen-bond donors (Lipinski definition) is 2. The van der Waals surface area contributed by atoms with Crippen LogP contribution in [-0.4, -0.2) is 44.1 Å². The Balaban J connectivity index is 1.47. The van der Waals surface area contributed by atoms with Crippen LogP contribution in [0.25, 0.3) is 11.1 Å². The van der Waals surface area contributed by atoms with Crippen LogP contribution in [0.5, 0.6) is 5.75 Å². The highest BCUT2D eigenvalue weighted by atomic mass is 32.2. The van der Waals surface area contributed by atoms with Crippen LogP contribution in [0.4, 0.5) is 5.82 Å². The molecule has 0 fully saturated rings. The maximum absolute atomic E-state index is 13.3. The number of unbranched alkanes of at least 4 members (excludes halogenated alkanes) is 3. The van der Waals surface area contributed by atoms with Crippen LogP contribution < -0.4 is 14.8 Å². The number of carbonyl (C=O) groups is 1. The van der Waals surface area contributed by atoms with E-state index in [1.165, 1.54) is 19.2 Å². The lowest BCUT2D eigenvalue weighted by Gasteiger charge is -2.19. The average Bonchev–Trinajstić information content (AvgIpc) is 3.03. The lowest BCUT2D eigenvalue weighted by atomic mass is 9.99. The molecule has 0 aliphatic rings. The molecular formula is C34H40N4O5S. The number of benzene rings is 2. The van der Waals surface area contributed by atoms with Gasteiger partial charge in [-0.1, -0.05) is 55.0 Å². The number of hydrogen-bond acceptors (Lipinski definition) is 8. The van der Waals surface area contributed by atoms with Crippen LogP contribution in [-0.2, 0) is 26.0 Å². The Kier molecular flexibility index (Phi) is 12.3. The molecule has 4 aromatic rings. The second-order valence-electron chi connectivity index (χ2n) is 10.3. The van der Waals surface area contributed by atoms with E-state index in [9.17, 15) is 13.2 Å². The van der Waals surface area contributed by atoms with Crippen molar-refractivity contribution in [3.05, 3.63) is 102 Å². The maximum Gasteiger partial charge on any atom is 0.302 e. The van der Waals surface area contributed by atoms with Gasteiger partial charge in [0.15, 0.2) is 5.03 Å². The van der Waals surface area contributed by atoms with Crippen molar-refractivity contribution in [2.45, 2.75) is 57.0 Å². The fraction of sp³-hybridized carbons (Fsp3) is 0.324. The number of nitrogens with zero attached hydrogens (tertiary/aromatic N) is 2. The van der Waals surface area contributed by atoms with Gasteiger partial charge in [-0.2, -0.15) is 0 Å². The standard InChI is InChI=1S/C34H40N4O5S/c1-3-42-30-13-10-12-29(25-30)28-19-17-27(18-20-28)24-32(38-44(40,41)34-16-6-8-22-36-34)31-14-11-15-33(37-31)35-21-7-4-5-9-23-43-26(2)39/h6,8,10-20,22,25,32,38H,3-5,7,9,21,23-24H2,1-2H3,(H,35,37). The summed E-state index contributed by atoms with van der Waals surface area (Å²) in [5, 5.41) is 3.31. The molecule has 2 N–H and O–H groups in total. The number of rotatable bonds is 17. The average molecular weight is 617 g/mol. The quantitative estimate of drug-likeness (QED) is 0.104. The minimum absolute atomic E-state index is 0.0440. The second kappa shape index (κ2) is 16.5. The first-order valence-corrected chi connectivity index (χ1v) is 16.4. The number of anilines is 1. The molecule has 2 heterocycles. The highest BCUT2D eigenvalue weighted by molar-refractivity contribution is 7.89. The fourth-order valence-electron chi connectivity index (χ4n) is 4.72. The molecular weight excluding hydrogens is 576 g/mol. The van der Waals surface area contributed by atoms with E-state index < -0.39 is 16.1 Å². The highest BCUT2D eigenvalue weighted by Crippen LogP contribution is 2.26. The van der Waals surface area contributed by atoms with Gasteiger partial charge in [0.05, 0.1) is 24.9 Å². The molecule has 44 heavy (non-hydrogen) atoms. The summed E-state index contributed by atoms with van der Waals surface area (Å²) in [4.78, 5) is 19.7. The summed E-state index contributed by atoms with van der Waals surface area (Å²) in [5.74, 6) is 1.24. The topological polar surface area (TPSA) is 120 Å². The van der Waals surface area contributed by atoms with Gasteiger partial charge in [0.25, 0.3) is 10.0 Å². The normalized spacial score (nSPS) is 12.0. The van der Waals surface area contributed by atoms with Gasteiger partial charge in [-0.05, 0) is 85.7 Å². The third-order valence-electron chi connectivity index (χ3n) is 6.89. The maximum atomic E-state index is 13.3. The Morgan fingerprint density at radius 1 is 0.886 bits per heavy atom. The molecule has 0 amide bonds. The fourth-order valence-corrected chi connectivity index (χ4v) is 5.88. The summed E-state index contributed by atoms with van der Waals surface area (Å²) in [6.45, 7) is 5.15. The van der Waals surface area contributed by atoms with Gasteiger partial charge in [0, 0.05) is 19.7 Å². The summed E-state index contributed by atoms with van der Waals surface area (Å²) in [6.07, 6.45) is 5.59. The summed E-state index contributed by atoms with van der Waals surface area (Å²) in [7, 11) is -3.91. The molecule has 0 spiro atoms. The second-order valence-corrected chi connectivity index (χ2v) is 12.0. The summed E-state index contributed by atoms with van der Waals surface area (Å²) >= 11 is 0. The number of carbonyl (C=O) groups excluding carboxylic acids is 1. The Hall–Kier alpha value is -4.28. The minimum atomic E-state index is -3.91.